The van der Waals surface area contributed by atoms with Crippen molar-refractivity contribution in [1.29, 1.82) is 0 Å². The first-order chi connectivity index (χ1) is 14.4. The molecule has 2 aromatic carbocycles. The minimum atomic E-state index is -1.75. The number of hydrogen-bond acceptors (Lipinski definition) is 3. The van der Waals surface area contributed by atoms with Crippen LogP contribution in [0.4, 0.5) is 5.69 Å². The molecular formula is C26H40MoN3Si. The normalized spacial score (nSPS) is 16.8. The van der Waals surface area contributed by atoms with Crippen LogP contribution in [-0.4, -0.2) is 49.4 Å². The van der Waals surface area contributed by atoms with Gasteiger partial charge in [-0.15, -0.1) is 0 Å². The van der Waals surface area contributed by atoms with Crippen molar-refractivity contribution < 1.29 is 17.8 Å². The molecule has 1 aliphatic carbocycles. The Bertz CT molecular complexity index is 951. The fraction of sp³-hybridized carbons (Fsp3) is 0.462. The Hall–Kier alpha value is -1.19. The van der Waals surface area contributed by atoms with Gasteiger partial charge in [-0.1, -0.05) is 0 Å². The number of nitrogens with one attached hydrogen (secondary N) is 1. The quantitative estimate of drug-likeness (QED) is 0.474. The third-order valence-corrected chi connectivity index (χ3v) is 13.8. The van der Waals surface area contributed by atoms with E-state index in [4.69, 9.17) is 0 Å². The van der Waals surface area contributed by atoms with Gasteiger partial charge in [0.25, 0.3) is 0 Å². The molecule has 0 saturated heterocycles. The Balaban J connectivity index is 2.37. The first-order valence-corrected chi connectivity index (χ1v) is 17.1. The van der Waals surface area contributed by atoms with Crippen LogP contribution in [0.15, 0.2) is 48.0 Å². The number of allylic oxidation sites excluding steroid dienone is 1. The molecule has 1 unspecified atom stereocenters. The Kier molecular flexibility index (Phi) is 7.37. The van der Waals surface area contributed by atoms with Crippen LogP contribution in [0.3, 0.4) is 0 Å². The second-order valence-corrected chi connectivity index (χ2v) is 19.3. The molecule has 2 aromatic rings. The van der Waals surface area contributed by atoms with Crippen LogP contribution in [0.1, 0.15) is 43.1 Å². The van der Waals surface area contributed by atoms with E-state index in [1.165, 1.54) is 16.8 Å². The standard InChI is InChI=1S/C22H28NSi.2C2H6N.Mo/c1-15-14-17-12-13-18(23-22(2,3)4)19(16-10-8-7-9-11-16)20(17)21(15)24(5)6;2*1-3-2;/h7-14,23-24H,1-6H3;2*1-2H3;/q;2*-1;+2. The van der Waals surface area contributed by atoms with Crippen molar-refractivity contribution in [3.05, 3.63) is 59.2 Å². The average molecular weight is 519 g/mol. The maximum absolute atomic E-state index is 3.83. The molecule has 1 N–H and O–H groups in total. The molecule has 1 aliphatic rings. The topological polar surface area (TPSA) is 18.5 Å². The van der Waals surface area contributed by atoms with Gasteiger partial charge in [-0.05, 0) is 0 Å². The van der Waals surface area contributed by atoms with Crippen LogP contribution in [0, 0.1) is 0 Å². The molecule has 169 valence electrons. The van der Waals surface area contributed by atoms with Crippen molar-refractivity contribution in [2.75, 3.05) is 33.5 Å². The second-order valence-electron chi connectivity index (χ2n) is 10.2. The van der Waals surface area contributed by atoms with Crippen molar-refractivity contribution in [3.63, 3.8) is 0 Å². The molecule has 0 heterocycles. The summed E-state index contributed by atoms with van der Waals surface area (Å²) in [6, 6.07) is 15.8. The Labute approximate surface area is 198 Å². The predicted molar refractivity (Wildman–Crippen MR) is 137 cm³/mol. The summed E-state index contributed by atoms with van der Waals surface area (Å²) in [6.07, 6.45) is 0. The van der Waals surface area contributed by atoms with Gasteiger partial charge in [0.2, 0.25) is 0 Å². The van der Waals surface area contributed by atoms with Gasteiger partial charge < -0.3 is 0 Å². The molecule has 5 heteroatoms. The molecule has 0 saturated carbocycles. The zero-order valence-electron chi connectivity index (χ0n) is 21.0. The summed E-state index contributed by atoms with van der Waals surface area (Å²) < 4.78 is 5.63. The van der Waals surface area contributed by atoms with Gasteiger partial charge in [0.1, 0.15) is 0 Å². The molecule has 0 amide bonds. The van der Waals surface area contributed by atoms with E-state index in [0.29, 0.717) is 4.31 Å². The predicted octanol–water partition coefficient (Wildman–Crippen LogP) is 5.99. The summed E-state index contributed by atoms with van der Waals surface area (Å²) in [6.45, 7) is 14.2. The third-order valence-electron chi connectivity index (χ3n) is 5.72. The third kappa shape index (κ3) is 4.93. The van der Waals surface area contributed by atoms with Gasteiger partial charge >= 0.3 is 199 Å². The van der Waals surface area contributed by atoms with Crippen molar-refractivity contribution >= 4 is 19.7 Å². The van der Waals surface area contributed by atoms with Gasteiger partial charge in [-0.25, -0.2) is 0 Å². The van der Waals surface area contributed by atoms with Crippen LogP contribution in [0.5, 0.6) is 0 Å². The Morgan fingerprint density at radius 2 is 1.45 bits per heavy atom. The van der Waals surface area contributed by atoms with E-state index in [0.717, 1.165) is 0 Å². The minimum absolute atomic E-state index is 0.0104. The van der Waals surface area contributed by atoms with Crippen LogP contribution >= 0.6 is 0 Å². The summed E-state index contributed by atoms with van der Waals surface area (Å²) >= 11 is -1.75. The Morgan fingerprint density at radius 3 is 1.94 bits per heavy atom. The van der Waals surface area contributed by atoms with Crippen LogP contribution in [0.25, 0.3) is 16.3 Å². The number of fused-ring (bicyclic) bond motifs is 1. The first kappa shape index (κ1) is 24.4. The van der Waals surface area contributed by atoms with Gasteiger partial charge in [0.05, 0.1) is 0 Å². The first-order valence-electron chi connectivity index (χ1n) is 11.2. The van der Waals surface area contributed by atoms with Crippen molar-refractivity contribution in [2.45, 2.75) is 50.6 Å². The average Bonchev–Trinajstić information content (AvgIpc) is 2.93. The van der Waals surface area contributed by atoms with E-state index in [1.807, 2.05) is 0 Å². The van der Waals surface area contributed by atoms with Crippen LogP contribution in [0.2, 0.25) is 13.1 Å². The van der Waals surface area contributed by atoms with Gasteiger partial charge in [0, 0.05) is 0 Å². The van der Waals surface area contributed by atoms with E-state index < -0.39 is 26.6 Å². The zero-order chi connectivity index (χ0) is 23.1. The number of hydrogen-bond donors (Lipinski definition) is 1. The molecule has 3 rings (SSSR count). The molecule has 0 bridgehead atoms. The van der Waals surface area contributed by atoms with Gasteiger partial charge in [-0.2, -0.15) is 0 Å². The molecular weight excluding hydrogens is 478 g/mol. The van der Waals surface area contributed by atoms with Gasteiger partial charge in [0.15, 0.2) is 0 Å². The number of nitrogens with zero attached hydrogens (tertiary/aromatic N) is 2. The van der Waals surface area contributed by atoms with Crippen LogP contribution < -0.4 is 5.32 Å². The van der Waals surface area contributed by atoms with Gasteiger partial charge in [-0.3, -0.25) is 0 Å². The van der Waals surface area contributed by atoms with Crippen molar-refractivity contribution in [1.82, 2.24) is 6.92 Å². The maximum atomic E-state index is 3.83. The number of benzene rings is 2. The second kappa shape index (κ2) is 9.35. The molecule has 31 heavy (non-hydrogen) atoms. The summed E-state index contributed by atoms with van der Waals surface area (Å²) in [5.41, 5.74) is 8.74. The number of anilines is 1. The van der Waals surface area contributed by atoms with E-state index in [-0.39, 0.29) is 5.54 Å². The SMILES string of the molecule is CC1=C([SiH](C)C)c2c(ccc(NC(C)(C)C)c2-c2ccccc2)[CH]1[Mo]([N](C)C)[N](C)C. The Morgan fingerprint density at radius 1 is 0.871 bits per heavy atom. The molecule has 0 aliphatic heterocycles. The summed E-state index contributed by atoms with van der Waals surface area (Å²) in [5.74, 6) is 0. The fourth-order valence-electron chi connectivity index (χ4n) is 4.88. The van der Waals surface area contributed by atoms with E-state index in [1.54, 1.807) is 21.9 Å². The van der Waals surface area contributed by atoms with E-state index >= 15 is 0 Å². The van der Waals surface area contributed by atoms with E-state index in [9.17, 15) is 0 Å². The van der Waals surface area contributed by atoms with E-state index in [2.05, 4.69) is 124 Å². The van der Waals surface area contributed by atoms with Crippen molar-refractivity contribution in [2.24, 2.45) is 0 Å². The fourth-order valence-corrected chi connectivity index (χ4v) is 13.0. The summed E-state index contributed by atoms with van der Waals surface area (Å²) in [7, 11) is 8.08. The molecule has 0 spiro atoms. The summed E-state index contributed by atoms with van der Waals surface area (Å²) in [5, 5.41) is 5.51. The molecule has 0 fully saturated rings. The summed E-state index contributed by atoms with van der Waals surface area (Å²) in [4.78, 5) is 0. The molecule has 0 radical (unpaired) electrons. The van der Waals surface area contributed by atoms with Crippen LogP contribution in [-0.2, 0) is 17.8 Å². The van der Waals surface area contributed by atoms with Crippen molar-refractivity contribution in [3.8, 4) is 11.1 Å². The molecule has 0 aromatic heterocycles. The molecule has 1 atom stereocenters. The number of rotatable bonds is 6. The molecule has 3 nitrogen and oxygen atoms in total. The monoisotopic (exact) mass is 520 g/mol. The zero-order valence-corrected chi connectivity index (χ0v) is 24.2.